The maximum absolute atomic E-state index is 13.5. The molecule has 0 heterocycles. The zero-order chi connectivity index (χ0) is 26.5. The second-order valence-electron chi connectivity index (χ2n) is 8.61. The van der Waals surface area contributed by atoms with Crippen LogP contribution in [0.1, 0.15) is 43.4 Å². The Balaban J connectivity index is 1.89. The summed E-state index contributed by atoms with van der Waals surface area (Å²) in [6.45, 7) is 7.00. The third kappa shape index (κ3) is 6.33. The summed E-state index contributed by atoms with van der Waals surface area (Å²) in [6, 6.07) is 19.2. The maximum Gasteiger partial charge on any atom is 0.270 e. The minimum atomic E-state index is -4.06. The second kappa shape index (κ2) is 11.1. The number of nitro groups is 1. The highest BCUT2D eigenvalue weighted by Gasteiger charge is 2.27. The fourth-order valence-corrected chi connectivity index (χ4v) is 4.82. The van der Waals surface area contributed by atoms with Crippen molar-refractivity contribution in [3.05, 3.63) is 99.6 Å². The molecule has 3 aromatic carbocycles. The molecule has 3 aromatic rings. The molecule has 0 saturated carbocycles. The van der Waals surface area contributed by atoms with Gasteiger partial charge in [-0.1, -0.05) is 55.8 Å². The Kier molecular flexibility index (Phi) is 8.21. The molecule has 9 nitrogen and oxygen atoms in total. The summed E-state index contributed by atoms with van der Waals surface area (Å²) in [5.74, 6) is -0.404. The molecule has 0 fully saturated rings. The zero-order valence-corrected chi connectivity index (χ0v) is 21.3. The number of hydrogen-bond donors (Lipinski definition) is 1. The fraction of sp³-hybridized carbons (Fsp3) is 0.231. The summed E-state index contributed by atoms with van der Waals surface area (Å²) in [6.07, 6.45) is 0. The van der Waals surface area contributed by atoms with Crippen molar-refractivity contribution < 1.29 is 18.1 Å². The van der Waals surface area contributed by atoms with Gasteiger partial charge < -0.3 is 0 Å². The van der Waals surface area contributed by atoms with Crippen molar-refractivity contribution in [3.8, 4) is 0 Å². The van der Waals surface area contributed by atoms with Crippen LogP contribution in [0.15, 0.2) is 82.8 Å². The first-order valence-electron chi connectivity index (χ1n) is 11.3. The summed E-state index contributed by atoms with van der Waals surface area (Å²) in [5, 5.41) is 15.0. The van der Waals surface area contributed by atoms with Crippen LogP contribution in [0.5, 0.6) is 0 Å². The number of anilines is 1. The first kappa shape index (κ1) is 26.6. The molecule has 36 heavy (non-hydrogen) atoms. The molecular weight excluding hydrogens is 480 g/mol. The first-order chi connectivity index (χ1) is 17.0. The highest BCUT2D eigenvalue weighted by atomic mass is 32.2. The zero-order valence-electron chi connectivity index (χ0n) is 20.5. The summed E-state index contributed by atoms with van der Waals surface area (Å²) < 4.78 is 28.0. The lowest BCUT2D eigenvalue weighted by Gasteiger charge is -2.24. The van der Waals surface area contributed by atoms with E-state index in [1.165, 1.54) is 30.3 Å². The predicted molar refractivity (Wildman–Crippen MR) is 140 cm³/mol. The van der Waals surface area contributed by atoms with Gasteiger partial charge in [-0.3, -0.25) is 19.2 Å². The van der Waals surface area contributed by atoms with E-state index in [0.29, 0.717) is 17.0 Å². The average Bonchev–Trinajstić information content (AvgIpc) is 2.86. The van der Waals surface area contributed by atoms with Crippen molar-refractivity contribution in [2.24, 2.45) is 5.10 Å². The van der Waals surface area contributed by atoms with Gasteiger partial charge in [0.15, 0.2) is 0 Å². The molecule has 188 valence electrons. The van der Waals surface area contributed by atoms with Crippen LogP contribution in [-0.4, -0.2) is 31.5 Å². The molecule has 0 bridgehead atoms. The normalized spacial score (nSPS) is 11.9. The molecule has 0 unspecified atom stereocenters. The van der Waals surface area contributed by atoms with Crippen LogP contribution in [0.3, 0.4) is 0 Å². The van der Waals surface area contributed by atoms with Crippen molar-refractivity contribution in [1.29, 1.82) is 0 Å². The molecule has 10 heteroatoms. The number of nitrogens with zero attached hydrogens (tertiary/aromatic N) is 3. The first-order valence-corrected chi connectivity index (χ1v) is 12.7. The maximum atomic E-state index is 13.5. The van der Waals surface area contributed by atoms with Crippen LogP contribution in [0.25, 0.3) is 0 Å². The van der Waals surface area contributed by atoms with Gasteiger partial charge in [0.05, 0.1) is 21.2 Å². The minimum Gasteiger partial charge on any atom is -0.271 e. The topological polar surface area (TPSA) is 122 Å². The summed E-state index contributed by atoms with van der Waals surface area (Å²) in [5.41, 5.74) is 5.34. The van der Waals surface area contributed by atoms with E-state index in [-0.39, 0.29) is 16.5 Å². The van der Waals surface area contributed by atoms with E-state index in [4.69, 9.17) is 0 Å². The molecule has 0 aliphatic carbocycles. The fourth-order valence-electron chi connectivity index (χ4n) is 3.40. The smallest absolute Gasteiger partial charge is 0.270 e. The Morgan fingerprint density at radius 3 is 2.28 bits per heavy atom. The van der Waals surface area contributed by atoms with E-state index < -0.39 is 27.4 Å². The molecule has 0 spiro atoms. The van der Waals surface area contributed by atoms with E-state index >= 15 is 0 Å². The van der Waals surface area contributed by atoms with E-state index in [2.05, 4.69) is 10.5 Å². The Bertz CT molecular complexity index is 1380. The van der Waals surface area contributed by atoms with Gasteiger partial charge >= 0.3 is 0 Å². The van der Waals surface area contributed by atoms with Crippen molar-refractivity contribution in [3.63, 3.8) is 0 Å². The van der Waals surface area contributed by atoms with Crippen molar-refractivity contribution in [2.75, 3.05) is 10.8 Å². The molecule has 0 aliphatic heterocycles. The van der Waals surface area contributed by atoms with Gasteiger partial charge in [-0.05, 0) is 49.6 Å². The molecule has 0 aliphatic rings. The Morgan fingerprint density at radius 1 is 1.06 bits per heavy atom. The second-order valence-corrected chi connectivity index (χ2v) is 10.5. The number of non-ortho nitro benzene ring substituents is 1. The number of sulfonamides is 1. The Hall–Kier alpha value is -4.05. The van der Waals surface area contributed by atoms with E-state index in [1.54, 1.807) is 37.3 Å². The van der Waals surface area contributed by atoms with Gasteiger partial charge in [-0.25, -0.2) is 13.8 Å². The molecule has 0 atom stereocenters. The van der Waals surface area contributed by atoms with Crippen molar-refractivity contribution in [2.45, 2.75) is 38.5 Å². The van der Waals surface area contributed by atoms with Crippen LogP contribution in [-0.2, 0) is 14.8 Å². The van der Waals surface area contributed by atoms with E-state index in [0.717, 1.165) is 15.4 Å². The third-order valence-corrected chi connectivity index (χ3v) is 7.36. The quantitative estimate of drug-likeness (QED) is 0.254. The van der Waals surface area contributed by atoms with Crippen molar-refractivity contribution >= 4 is 33.0 Å². The number of hydrazone groups is 1. The van der Waals surface area contributed by atoms with Crippen LogP contribution in [0.2, 0.25) is 0 Å². The van der Waals surface area contributed by atoms with Crippen LogP contribution in [0, 0.1) is 17.0 Å². The number of benzene rings is 3. The number of hydrogen-bond acceptors (Lipinski definition) is 6. The number of rotatable bonds is 9. The lowest BCUT2D eigenvalue weighted by molar-refractivity contribution is -0.384. The van der Waals surface area contributed by atoms with E-state index in [1.807, 2.05) is 32.9 Å². The number of carbonyl (C=O) groups excluding carboxylic acids is 1. The number of nitro benzene ring substituents is 1. The minimum absolute atomic E-state index is 0.0603. The van der Waals surface area contributed by atoms with Crippen LogP contribution >= 0.6 is 0 Å². The van der Waals surface area contributed by atoms with Crippen molar-refractivity contribution in [1.82, 2.24) is 5.43 Å². The predicted octanol–water partition coefficient (Wildman–Crippen LogP) is 4.76. The lowest BCUT2D eigenvalue weighted by Crippen LogP contribution is -2.39. The monoisotopic (exact) mass is 508 g/mol. The number of nitrogens with one attached hydrogen (secondary N) is 1. The highest BCUT2D eigenvalue weighted by Crippen LogP contribution is 2.26. The molecule has 1 amide bonds. The van der Waals surface area contributed by atoms with Crippen LogP contribution < -0.4 is 9.73 Å². The molecule has 1 N–H and O–H groups in total. The van der Waals surface area contributed by atoms with E-state index in [9.17, 15) is 23.3 Å². The van der Waals surface area contributed by atoms with Gasteiger partial charge in [-0.15, -0.1) is 0 Å². The molecular formula is C26H28N4O5S. The SMILES string of the molecule is C/C(=N/NC(=O)CN(c1ccc(C(C)C)cc1)S(=O)(=O)c1ccc(C)cc1)c1cccc([N+](=O)[O-])c1. The number of carbonyl (C=O) groups is 1. The van der Waals surface area contributed by atoms with Gasteiger partial charge in [0, 0.05) is 17.7 Å². The van der Waals surface area contributed by atoms with Gasteiger partial charge in [-0.2, -0.15) is 5.10 Å². The largest absolute Gasteiger partial charge is 0.271 e. The number of amides is 1. The highest BCUT2D eigenvalue weighted by molar-refractivity contribution is 7.92. The summed E-state index contributed by atoms with van der Waals surface area (Å²) >= 11 is 0. The van der Waals surface area contributed by atoms with Crippen LogP contribution in [0.4, 0.5) is 11.4 Å². The Labute approximate surface area is 210 Å². The number of aryl methyl sites for hydroxylation is 1. The van der Waals surface area contributed by atoms with Gasteiger partial charge in [0.1, 0.15) is 6.54 Å². The summed E-state index contributed by atoms with van der Waals surface area (Å²) in [7, 11) is -4.06. The molecule has 0 radical (unpaired) electrons. The van der Waals surface area contributed by atoms with Gasteiger partial charge in [0.2, 0.25) is 0 Å². The molecule has 0 saturated heterocycles. The standard InChI is InChI=1S/C26H28N4O5S/c1-18(2)21-10-12-23(13-11-21)29(36(34,35)25-14-8-19(3)9-15-25)17-26(31)28-27-20(4)22-6-5-7-24(16-22)30(32)33/h5-16,18H,17H2,1-4H3,(H,28,31)/b27-20-. The lowest BCUT2D eigenvalue weighted by atomic mass is 10.0. The third-order valence-electron chi connectivity index (χ3n) is 5.57. The average molecular weight is 509 g/mol. The molecule has 3 rings (SSSR count). The Morgan fingerprint density at radius 2 is 1.69 bits per heavy atom. The summed E-state index contributed by atoms with van der Waals surface area (Å²) in [4.78, 5) is 23.4. The molecule has 0 aromatic heterocycles. The van der Waals surface area contributed by atoms with Gasteiger partial charge in [0.25, 0.3) is 21.6 Å².